The van der Waals surface area contributed by atoms with E-state index in [0.717, 1.165) is 5.52 Å². The molecule has 2 nitrogen and oxygen atoms in total. The van der Waals surface area contributed by atoms with Crippen LogP contribution in [0.25, 0.3) is 11.0 Å². The van der Waals surface area contributed by atoms with E-state index in [2.05, 4.69) is 48.8 Å². The largest absolute Gasteiger partial charge is 0.349 e. The number of nitrogens with zero attached hydrogens (tertiary/aromatic N) is 2. The van der Waals surface area contributed by atoms with Gasteiger partial charge in [-0.25, -0.2) is 0 Å². The molecule has 0 atom stereocenters. The average Bonchev–Trinajstić information content (AvgIpc) is 2.48. The van der Waals surface area contributed by atoms with E-state index in [4.69, 9.17) is 0 Å². The molecular formula is C11H14N2. The Labute approximate surface area is 78.2 Å². The highest BCUT2D eigenvalue weighted by Crippen LogP contribution is 2.23. The zero-order valence-electron chi connectivity index (χ0n) is 8.28. The smallest absolute Gasteiger partial charge is 0.0883 e. The van der Waals surface area contributed by atoms with Gasteiger partial charge in [-0.3, -0.25) is 4.98 Å². The molecule has 0 spiro atoms. The molecular weight excluding hydrogens is 160 g/mol. The van der Waals surface area contributed by atoms with Crippen molar-refractivity contribution in [1.29, 1.82) is 0 Å². The van der Waals surface area contributed by atoms with Gasteiger partial charge >= 0.3 is 0 Å². The Morgan fingerprint density at radius 2 is 2.08 bits per heavy atom. The van der Waals surface area contributed by atoms with Gasteiger partial charge in [0.05, 0.1) is 11.0 Å². The summed E-state index contributed by atoms with van der Waals surface area (Å²) in [7, 11) is 2.07. The lowest BCUT2D eigenvalue weighted by atomic mass is 10.0. The van der Waals surface area contributed by atoms with Crippen LogP contribution >= 0.6 is 0 Å². The number of hydrogen-bond acceptors (Lipinski definition) is 1. The summed E-state index contributed by atoms with van der Waals surface area (Å²) in [6, 6.07) is 4.16. The second-order valence-electron chi connectivity index (χ2n) is 3.72. The van der Waals surface area contributed by atoms with Crippen LogP contribution in [0.1, 0.15) is 25.3 Å². The maximum Gasteiger partial charge on any atom is 0.0883 e. The zero-order valence-corrected chi connectivity index (χ0v) is 8.28. The summed E-state index contributed by atoms with van der Waals surface area (Å²) in [5.74, 6) is 0.555. The second-order valence-corrected chi connectivity index (χ2v) is 3.72. The Kier molecular flexibility index (Phi) is 1.83. The van der Waals surface area contributed by atoms with E-state index in [0.29, 0.717) is 5.92 Å². The molecule has 0 bridgehead atoms. The topological polar surface area (TPSA) is 17.8 Å². The first-order valence-electron chi connectivity index (χ1n) is 4.60. The minimum absolute atomic E-state index is 0.555. The fourth-order valence-corrected chi connectivity index (χ4v) is 1.71. The Hall–Kier alpha value is -1.31. The van der Waals surface area contributed by atoms with Crippen molar-refractivity contribution in [2.24, 2.45) is 7.05 Å². The maximum absolute atomic E-state index is 4.32. The lowest BCUT2D eigenvalue weighted by Crippen LogP contribution is -1.94. The number of fused-ring (bicyclic) bond motifs is 1. The minimum Gasteiger partial charge on any atom is -0.349 e. The van der Waals surface area contributed by atoms with E-state index in [9.17, 15) is 0 Å². The highest BCUT2D eigenvalue weighted by molar-refractivity contribution is 5.79. The summed E-state index contributed by atoms with van der Waals surface area (Å²) < 4.78 is 2.14. The van der Waals surface area contributed by atoms with Gasteiger partial charge in [-0.2, -0.15) is 0 Å². The van der Waals surface area contributed by atoms with Gasteiger partial charge in [-0.15, -0.1) is 0 Å². The van der Waals surface area contributed by atoms with Gasteiger partial charge in [-0.05, 0) is 23.6 Å². The summed E-state index contributed by atoms with van der Waals surface area (Å²) in [4.78, 5) is 4.32. The van der Waals surface area contributed by atoms with Crippen LogP contribution < -0.4 is 0 Å². The van der Waals surface area contributed by atoms with Crippen molar-refractivity contribution in [2.45, 2.75) is 19.8 Å². The molecule has 2 aromatic heterocycles. The second kappa shape index (κ2) is 2.87. The van der Waals surface area contributed by atoms with Crippen LogP contribution in [0, 0.1) is 0 Å². The summed E-state index contributed by atoms with van der Waals surface area (Å²) in [6.07, 6.45) is 3.95. The van der Waals surface area contributed by atoms with Crippen molar-refractivity contribution in [2.75, 3.05) is 0 Å². The molecule has 0 aliphatic carbocycles. The van der Waals surface area contributed by atoms with E-state index in [1.54, 1.807) is 0 Å². The molecule has 0 fully saturated rings. The van der Waals surface area contributed by atoms with Crippen molar-refractivity contribution >= 4 is 11.0 Å². The number of pyridine rings is 1. The highest BCUT2D eigenvalue weighted by Gasteiger charge is 2.07. The van der Waals surface area contributed by atoms with Crippen molar-refractivity contribution < 1.29 is 0 Å². The van der Waals surface area contributed by atoms with E-state index in [1.807, 2.05) is 6.20 Å². The molecule has 2 rings (SSSR count). The third kappa shape index (κ3) is 1.22. The Morgan fingerprint density at radius 1 is 1.31 bits per heavy atom. The third-order valence-corrected chi connectivity index (χ3v) is 2.41. The van der Waals surface area contributed by atoms with Gasteiger partial charge in [0.1, 0.15) is 0 Å². The van der Waals surface area contributed by atoms with Crippen LogP contribution in [0.4, 0.5) is 0 Å². The fourth-order valence-electron chi connectivity index (χ4n) is 1.71. The van der Waals surface area contributed by atoms with Crippen LogP contribution in [0.15, 0.2) is 24.5 Å². The first kappa shape index (κ1) is 8.30. The van der Waals surface area contributed by atoms with Gasteiger partial charge in [0.15, 0.2) is 0 Å². The normalized spacial score (nSPS) is 11.4. The summed E-state index contributed by atoms with van der Waals surface area (Å²) in [6.45, 7) is 4.42. The molecule has 0 saturated carbocycles. The predicted octanol–water partition coefficient (Wildman–Crippen LogP) is 2.70. The summed E-state index contributed by atoms with van der Waals surface area (Å²) >= 11 is 0. The molecule has 0 radical (unpaired) electrons. The van der Waals surface area contributed by atoms with E-state index in [1.165, 1.54) is 11.1 Å². The van der Waals surface area contributed by atoms with Crippen molar-refractivity contribution in [3.05, 3.63) is 30.1 Å². The Balaban J connectivity index is 2.80. The highest BCUT2D eigenvalue weighted by atomic mass is 14.9. The predicted molar refractivity (Wildman–Crippen MR) is 54.8 cm³/mol. The molecule has 0 aliphatic heterocycles. The van der Waals surface area contributed by atoms with Crippen LogP contribution in [-0.2, 0) is 7.05 Å². The maximum atomic E-state index is 4.32. The molecule has 0 aliphatic rings. The van der Waals surface area contributed by atoms with Crippen LogP contribution in [0.5, 0.6) is 0 Å². The van der Waals surface area contributed by atoms with Gasteiger partial charge in [0.2, 0.25) is 0 Å². The van der Waals surface area contributed by atoms with Gasteiger partial charge in [-0.1, -0.05) is 13.8 Å². The number of aryl methyl sites for hydroxylation is 1. The molecule has 0 aromatic carbocycles. The lowest BCUT2D eigenvalue weighted by molar-refractivity contribution is 0.854. The van der Waals surface area contributed by atoms with E-state index in [-0.39, 0.29) is 0 Å². The molecule has 0 unspecified atom stereocenters. The minimum atomic E-state index is 0.555. The Bertz CT molecular complexity index is 427. The fraction of sp³-hybridized carbons (Fsp3) is 0.364. The molecule has 0 amide bonds. The molecule has 0 saturated heterocycles. The number of rotatable bonds is 1. The molecule has 13 heavy (non-hydrogen) atoms. The quantitative estimate of drug-likeness (QED) is 0.650. The molecule has 2 aromatic rings. The van der Waals surface area contributed by atoms with Crippen LogP contribution in [0.2, 0.25) is 0 Å². The molecule has 0 N–H and O–H groups in total. The molecule has 68 valence electrons. The third-order valence-electron chi connectivity index (χ3n) is 2.41. The molecule has 2 heteroatoms. The van der Waals surface area contributed by atoms with Crippen LogP contribution in [-0.4, -0.2) is 9.55 Å². The first-order valence-corrected chi connectivity index (χ1v) is 4.60. The first-order chi connectivity index (χ1) is 6.20. The summed E-state index contributed by atoms with van der Waals surface area (Å²) in [5, 5.41) is 0. The van der Waals surface area contributed by atoms with Gasteiger partial charge in [0.25, 0.3) is 0 Å². The molecule has 2 heterocycles. The average molecular weight is 174 g/mol. The van der Waals surface area contributed by atoms with Crippen molar-refractivity contribution in [1.82, 2.24) is 9.55 Å². The van der Waals surface area contributed by atoms with E-state index < -0.39 is 0 Å². The lowest BCUT2D eigenvalue weighted by Gasteiger charge is -2.08. The van der Waals surface area contributed by atoms with Crippen molar-refractivity contribution in [3.63, 3.8) is 0 Å². The monoisotopic (exact) mass is 174 g/mol. The SMILES string of the molecule is CC(C)c1ccnc2ccn(C)c12. The zero-order chi connectivity index (χ0) is 9.42. The van der Waals surface area contributed by atoms with E-state index >= 15 is 0 Å². The van der Waals surface area contributed by atoms with Crippen molar-refractivity contribution in [3.8, 4) is 0 Å². The van der Waals surface area contributed by atoms with Crippen LogP contribution in [0.3, 0.4) is 0 Å². The van der Waals surface area contributed by atoms with Gasteiger partial charge in [0, 0.05) is 19.4 Å². The summed E-state index contributed by atoms with van der Waals surface area (Å²) in [5.41, 5.74) is 3.73. The van der Waals surface area contributed by atoms with Gasteiger partial charge < -0.3 is 4.57 Å². The standard InChI is InChI=1S/C11H14N2/c1-8(2)9-4-6-12-10-5-7-13(3)11(9)10/h4-8H,1-3H3. The Morgan fingerprint density at radius 3 is 2.77 bits per heavy atom. The number of aromatic nitrogens is 2. The number of hydrogen-bond donors (Lipinski definition) is 0.